The van der Waals surface area contributed by atoms with Crippen molar-refractivity contribution >= 4 is 5.97 Å². The van der Waals surface area contributed by atoms with E-state index >= 15 is 0 Å². The number of hydrogen-bond acceptors (Lipinski definition) is 2. The van der Waals surface area contributed by atoms with Crippen LogP contribution in [0.3, 0.4) is 0 Å². The van der Waals surface area contributed by atoms with Gasteiger partial charge in [-0.15, -0.1) is 0 Å². The Bertz CT molecular complexity index is 232. The largest absolute Gasteiger partial charge is 0.480 e. The highest BCUT2D eigenvalue weighted by atomic mass is 16.4. The molecule has 1 saturated heterocycles. The monoisotopic (exact) mass is 139 g/mol. The first-order valence-corrected chi connectivity index (χ1v) is 3.38. The summed E-state index contributed by atoms with van der Waals surface area (Å²) < 4.78 is 0. The van der Waals surface area contributed by atoms with Crippen LogP contribution < -0.4 is 5.32 Å². The third kappa shape index (κ3) is 0.555. The minimum atomic E-state index is -0.741. The Morgan fingerprint density at radius 3 is 2.80 bits per heavy atom. The summed E-state index contributed by atoms with van der Waals surface area (Å²) in [6, 6.07) is -0.370. The average molecular weight is 139 g/mol. The fourth-order valence-electron chi connectivity index (χ4n) is 1.67. The van der Waals surface area contributed by atoms with Gasteiger partial charge in [-0.05, 0) is 12.5 Å². The van der Waals surface area contributed by atoms with Gasteiger partial charge in [0.05, 0.1) is 0 Å². The van der Waals surface area contributed by atoms with Gasteiger partial charge in [-0.25, -0.2) is 0 Å². The third-order valence-electron chi connectivity index (χ3n) is 2.35. The molecule has 2 N–H and O–H groups in total. The van der Waals surface area contributed by atoms with Crippen molar-refractivity contribution in [3.05, 3.63) is 11.1 Å². The third-order valence-corrected chi connectivity index (χ3v) is 2.35. The van der Waals surface area contributed by atoms with Crippen LogP contribution >= 0.6 is 0 Å². The van der Waals surface area contributed by atoms with Gasteiger partial charge in [-0.1, -0.05) is 5.57 Å². The molecule has 2 aliphatic rings. The lowest BCUT2D eigenvalue weighted by Crippen LogP contribution is -2.31. The van der Waals surface area contributed by atoms with Gasteiger partial charge in [0.2, 0.25) is 0 Å². The van der Waals surface area contributed by atoms with Crippen molar-refractivity contribution in [2.75, 3.05) is 6.54 Å². The molecule has 0 bridgehead atoms. The summed E-state index contributed by atoms with van der Waals surface area (Å²) in [5.74, 6) is -0.254. The number of carbonyl (C=O) groups is 1. The van der Waals surface area contributed by atoms with Gasteiger partial charge in [-0.3, -0.25) is 4.79 Å². The fraction of sp³-hybridized carbons (Fsp3) is 0.571. The summed E-state index contributed by atoms with van der Waals surface area (Å²) in [5, 5.41) is 11.6. The molecule has 0 spiro atoms. The zero-order valence-electron chi connectivity index (χ0n) is 5.72. The van der Waals surface area contributed by atoms with E-state index in [1.807, 2.05) is 6.92 Å². The molecule has 0 radical (unpaired) electrons. The van der Waals surface area contributed by atoms with E-state index in [-0.39, 0.29) is 6.04 Å². The van der Waals surface area contributed by atoms with Crippen LogP contribution in [0.25, 0.3) is 0 Å². The zero-order valence-corrected chi connectivity index (χ0v) is 5.72. The second-order valence-electron chi connectivity index (χ2n) is 2.87. The Balaban J connectivity index is 2.20. The average Bonchev–Trinajstić information content (AvgIpc) is 2.42. The van der Waals surface area contributed by atoms with E-state index in [0.29, 0.717) is 5.92 Å². The molecular formula is C7H9NO2. The molecule has 0 unspecified atom stereocenters. The molecular weight excluding hydrogens is 130 g/mol. The van der Waals surface area contributed by atoms with E-state index < -0.39 is 5.97 Å². The van der Waals surface area contributed by atoms with Crippen LogP contribution in [0.1, 0.15) is 6.92 Å². The highest BCUT2D eigenvalue weighted by Crippen LogP contribution is 2.44. The lowest BCUT2D eigenvalue weighted by molar-refractivity contribution is -0.138. The Hall–Kier alpha value is -0.830. The van der Waals surface area contributed by atoms with Crippen LogP contribution in [0, 0.1) is 5.92 Å². The quantitative estimate of drug-likeness (QED) is 0.502. The Labute approximate surface area is 58.7 Å². The first kappa shape index (κ1) is 5.92. The van der Waals surface area contributed by atoms with Gasteiger partial charge in [0.1, 0.15) is 6.04 Å². The first-order chi connectivity index (χ1) is 4.72. The van der Waals surface area contributed by atoms with Crippen LogP contribution in [0.15, 0.2) is 11.1 Å². The van der Waals surface area contributed by atoms with Crippen molar-refractivity contribution in [1.29, 1.82) is 0 Å². The summed E-state index contributed by atoms with van der Waals surface area (Å²) in [4.78, 5) is 10.5. The lowest BCUT2D eigenvalue weighted by atomic mass is 10.2. The minimum Gasteiger partial charge on any atom is -0.480 e. The minimum absolute atomic E-state index is 0.370. The molecule has 1 heterocycles. The summed E-state index contributed by atoms with van der Waals surface area (Å²) in [6.07, 6.45) is 0. The Morgan fingerprint density at radius 2 is 2.50 bits per heavy atom. The number of nitrogens with one attached hydrogen (secondary N) is 1. The Kier molecular flexibility index (Phi) is 0.951. The van der Waals surface area contributed by atoms with Crippen molar-refractivity contribution in [3.8, 4) is 0 Å². The number of carboxylic acid groups (broad SMARTS) is 1. The first-order valence-electron chi connectivity index (χ1n) is 3.38. The summed E-state index contributed by atoms with van der Waals surface area (Å²) in [5.41, 5.74) is 2.40. The molecule has 54 valence electrons. The van der Waals surface area contributed by atoms with Gasteiger partial charge < -0.3 is 10.4 Å². The van der Waals surface area contributed by atoms with Gasteiger partial charge in [0.25, 0.3) is 0 Å². The van der Waals surface area contributed by atoms with Gasteiger partial charge in [0.15, 0.2) is 0 Å². The maximum Gasteiger partial charge on any atom is 0.325 e. The number of carboxylic acids is 1. The summed E-state index contributed by atoms with van der Waals surface area (Å²) in [6.45, 7) is 2.84. The number of aliphatic carboxylic acids is 1. The van der Waals surface area contributed by atoms with Crippen LogP contribution in [0.4, 0.5) is 0 Å². The fourth-order valence-corrected chi connectivity index (χ4v) is 1.67. The molecule has 0 amide bonds. The van der Waals surface area contributed by atoms with Crippen LogP contribution in [0.2, 0.25) is 0 Å². The molecule has 0 aromatic heterocycles. The molecule has 0 aromatic carbocycles. The van der Waals surface area contributed by atoms with Crippen LogP contribution in [-0.4, -0.2) is 23.7 Å². The standard InChI is InChI=1S/C7H9NO2/c1-3-4-2-8-6(5(3)4)7(9)10/h4,6,8H,2H2,1H3,(H,9,10)/t4-,6+/m1/s1. The molecule has 2 atom stereocenters. The smallest absolute Gasteiger partial charge is 0.325 e. The van der Waals surface area contributed by atoms with Gasteiger partial charge in [0, 0.05) is 12.5 Å². The van der Waals surface area contributed by atoms with Crippen molar-refractivity contribution in [2.24, 2.45) is 5.92 Å². The van der Waals surface area contributed by atoms with E-state index in [4.69, 9.17) is 5.11 Å². The molecule has 2 rings (SSSR count). The number of hydrogen-bond donors (Lipinski definition) is 2. The van der Waals surface area contributed by atoms with E-state index in [2.05, 4.69) is 5.32 Å². The number of fused-ring (bicyclic) bond motifs is 1. The molecule has 1 aliphatic carbocycles. The molecule has 1 aliphatic heterocycles. The normalized spacial score (nSPS) is 36.1. The van der Waals surface area contributed by atoms with E-state index in [1.54, 1.807) is 0 Å². The van der Waals surface area contributed by atoms with E-state index in [1.165, 1.54) is 5.57 Å². The highest BCUT2D eigenvalue weighted by molar-refractivity contribution is 5.81. The van der Waals surface area contributed by atoms with E-state index in [9.17, 15) is 4.79 Å². The second kappa shape index (κ2) is 1.61. The van der Waals surface area contributed by atoms with Gasteiger partial charge >= 0.3 is 5.97 Å². The van der Waals surface area contributed by atoms with Crippen molar-refractivity contribution in [2.45, 2.75) is 13.0 Å². The summed E-state index contributed by atoms with van der Waals surface area (Å²) in [7, 11) is 0. The highest BCUT2D eigenvalue weighted by Gasteiger charge is 2.46. The maximum absolute atomic E-state index is 10.5. The molecule has 3 heteroatoms. The van der Waals surface area contributed by atoms with Crippen LogP contribution in [-0.2, 0) is 4.79 Å². The summed E-state index contributed by atoms with van der Waals surface area (Å²) >= 11 is 0. The van der Waals surface area contributed by atoms with E-state index in [0.717, 1.165) is 12.1 Å². The molecule has 3 nitrogen and oxygen atoms in total. The SMILES string of the molecule is CC1=C2[C@@H]1CN[C@@H]2C(=O)O. The number of rotatable bonds is 1. The zero-order chi connectivity index (χ0) is 7.30. The maximum atomic E-state index is 10.5. The van der Waals surface area contributed by atoms with Crippen LogP contribution in [0.5, 0.6) is 0 Å². The van der Waals surface area contributed by atoms with Crippen molar-refractivity contribution in [1.82, 2.24) is 5.32 Å². The van der Waals surface area contributed by atoms with Crippen molar-refractivity contribution < 1.29 is 9.90 Å². The molecule has 0 saturated carbocycles. The van der Waals surface area contributed by atoms with Gasteiger partial charge in [-0.2, -0.15) is 0 Å². The second-order valence-corrected chi connectivity index (χ2v) is 2.87. The molecule has 10 heavy (non-hydrogen) atoms. The molecule has 0 aromatic rings. The van der Waals surface area contributed by atoms with Crippen molar-refractivity contribution in [3.63, 3.8) is 0 Å². The predicted molar refractivity (Wildman–Crippen MR) is 35.6 cm³/mol. The Morgan fingerprint density at radius 1 is 1.80 bits per heavy atom. The lowest BCUT2D eigenvalue weighted by Gasteiger charge is -2.02. The molecule has 1 fully saturated rings. The predicted octanol–water partition coefficient (Wildman–Crippen LogP) is -0.0109. The topological polar surface area (TPSA) is 49.3 Å².